The summed E-state index contributed by atoms with van der Waals surface area (Å²) in [5, 5.41) is 0. The predicted octanol–water partition coefficient (Wildman–Crippen LogP) is 8.70. The van der Waals surface area contributed by atoms with Gasteiger partial charge in [0.1, 0.15) is 23.5 Å². The summed E-state index contributed by atoms with van der Waals surface area (Å²) >= 11 is 0. The van der Waals surface area contributed by atoms with Crippen LogP contribution in [0.3, 0.4) is 0 Å². The van der Waals surface area contributed by atoms with Gasteiger partial charge in [0.25, 0.3) is 0 Å². The third-order valence-corrected chi connectivity index (χ3v) is 7.89. The van der Waals surface area contributed by atoms with E-state index in [4.69, 9.17) is 4.74 Å². The van der Waals surface area contributed by atoms with Crippen LogP contribution in [-0.4, -0.2) is 18.0 Å². The molecule has 4 aromatic carbocycles. The molecule has 43 heavy (non-hydrogen) atoms. The van der Waals surface area contributed by atoms with Crippen LogP contribution in [0.25, 0.3) is 11.1 Å². The topological polar surface area (TPSA) is 47.9 Å². The zero-order chi connectivity index (χ0) is 30.1. The molecule has 3 atom stereocenters. The Morgan fingerprint density at radius 3 is 2.14 bits per heavy atom. The molecule has 0 radical (unpaired) electrons. The Hall–Kier alpha value is -4.53. The number of fused-ring (bicyclic) bond motifs is 1. The Bertz CT molecular complexity index is 1640. The van der Waals surface area contributed by atoms with E-state index in [1.165, 1.54) is 30.3 Å². The zero-order valence-corrected chi connectivity index (χ0v) is 22.8. The molecule has 0 aromatic heterocycles. The molecule has 0 bridgehead atoms. The van der Waals surface area contributed by atoms with Crippen LogP contribution in [-0.2, 0) is 16.0 Å². The summed E-state index contributed by atoms with van der Waals surface area (Å²) in [6.45, 7) is 0. The number of carbonyl (C=O) groups is 1. The van der Waals surface area contributed by atoms with E-state index in [-0.39, 0.29) is 23.4 Å². The molecule has 9 heteroatoms. The van der Waals surface area contributed by atoms with Crippen molar-refractivity contribution in [1.82, 2.24) is 0 Å². The third kappa shape index (κ3) is 6.16. The van der Waals surface area contributed by atoms with Gasteiger partial charge in [0.05, 0.1) is 17.5 Å². The molecule has 2 aliphatic rings. The van der Waals surface area contributed by atoms with Crippen LogP contribution in [0.4, 0.5) is 22.0 Å². The van der Waals surface area contributed by atoms with Crippen molar-refractivity contribution in [2.24, 2.45) is 10.9 Å². The number of rotatable bonds is 6. The smallest absolute Gasteiger partial charge is 0.457 e. The summed E-state index contributed by atoms with van der Waals surface area (Å²) in [6, 6.07) is 23.1. The summed E-state index contributed by atoms with van der Waals surface area (Å²) < 4.78 is 77.0. The number of hydrogen-bond acceptors (Lipinski definition) is 4. The van der Waals surface area contributed by atoms with Gasteiger partial charge in [0, 0.05) is 12.1 Å². The molecule has 0 fully saturated rings. The average molecular weight is 592 g/mol. The van der Waals surface area contributed by atoms with Crippen LogP contribution in [0.1, 0.15) is 53.7 Å². The van der Waals surface area contributed by atoms with Gasteiger partial charge in [-0.25, -0.2) is 8.78 Å². The van der Waals surface area contributed by atoms with E-state index in [9.17, 15) is 26.7 Å². The lowest BCUT2D eigenvalue weighted by atomic mass is 9.88. The number of carbonyl (C=O) groups excluding carboxylic acids is 1. The van der Waals surface area contributed by atoms with Crippen molar-refractivity contribution in [3.05, 3.63) is 125 Å². The van der Waals surface area contributed by atoms with Crippen molar-refractivity contribution in [1.29, 1.82) is 0 Å². The number of nitrogens with zero attached hydrogens (tertiary/aromatic N) is 1. The fraction of sp³-hybridized carbons (Fsp3) is 0.235. The number of aliphatic imine (C=N–C) groups is 1. The largest absolute Gasteiger partial charge is 0.573 e. The quantitative estimate of drug-likeness (QED) is 0.167. The summed E-state index contributed by atoms with van der Waals surface area (Å²) in [4.78, 5) is 18.3. The van der Waals surface area contributed by atoms with Crippen molar-refractivity contribution in [3.8, 4) is 16.9 Å². The molecule has 0 N–H and O–H groups in total. The maximum Gasteiger partial charge on any atom is 0.573 e. The van der Waals surface area contributed by atoms with Crippen LogP contribution in [0.2, 0.25) is 0 Å². The first-order valence-corrected chi connectivity index (χ1v) is 13.9. The average Bonchev–Trinajstić information content (AvgIpc) is 3.42. The van der Waals surface area contributed by atoms with Crippen molar-refractivity contribution < 1.29 is 36.2 Å². The highest BCUT2D eigenvalue weighted by Gasteiger charge is 2.40. The molecule has 4 aromatic rings. The molecule has 0 saturated carbocycles. The van der Waals surface area contributed by atoms with Crippen molar-refractivity contribution in [2.45, 2.75) is 44.2 Å². The molecule has 4 nitrogen and oxygen atoms in total. The SMILES string of the molecule is O=C(OC1CCCc2ccccc21)[C@H]1CC(c2c(F)cccc2F)=N[C@H]1c1ccc(-c2ccc(OC(F)(F)F)cc2)cc1. The number of ether oxygens (including phenoxy) is 2. The lowest BCUT2D eigenvalue weighted by Crippen LogP contribution is -2.25. The highest BCUT2D eigenvalue weighted by Crippen LogP contribution is 2.41. The predicted molar refractivity (Wildman–Crippen MR) is 151 cm³/mol. The second-order valence-electron chi connectivity index (χ2n) is 10.6. The standard InChI is InChI=1S/C34H26F5NO3/c35-27-8-4-9-28(36)31(27)29-19-26(33(41)42-30-10-3-6-22-5-1-2-7-25(22)30)32(40-29)23-13-11-20(12-14-23)21-15-17-24(18-16-21)43-34(37,38)39/h1-2,4-5,7-9,11-18,26,30,32H,3,6,10,19H2/t26-,30?,32-/m0/s1. The second-order valence-corrected chi connectivity index (χ2v) is 10.6. The second kappa shape index (κ2) is 11.6. The summed E-state index contributed by atoms with van der Waals surface area (Å²) in [5.41, 5.74) is 3.99. The van der Waals surface area contributed by atoms with Gasteiger partial charge in [-0.2, -0.15) is 0 Å². The number of hydrogen-bond donors (Lipinski definition) is 0. The highest BCUT2D eigenvalue weighted by atomic mass is 19.4. The number of alkyl halides is 3. The Morgan fingerprint density at radius 1 is 0.814 bits per heavy atom. The Balaban J connectivity index is 1.28. The van der Waals surface area contributed by atoms with E-state index in [0.717, 1.165) is 36.1 Å². The van der Waals surface area contributed by atoms with Gasteiger partial charge in [0.2, 0.25) is 0 Å². The van der Waals surface area contributed by atoms with E-state index < -0.39 is 42.0 Å². The summed E-state index contributed by atoms with van der Waals surface area (Å²) in [7, 11) is 0. The molecule has 1 heterocycles. The fourth-order valence-electron chi connectivity index (χ4n) is 5.87. The molecule has 6 rings (SSSR count). The van der Waals surface area contributed by atoms with Gasteiger partial charge in [-0.1, -0.05) is 66.7 Å². The molecule has 0 spiro atoms. The first-order chi connectivity index (χ1) is 20.7. The minimum Gasteiger partial charge on any atom is -0.457 e. The minimum atomic E-state index is -4.78. The molecule has 0 amide bonds. The zero-order valence-electron chi connectivity index (χ0n) is 22.8. The molecule has 0 saturated heterocycles. The van der Waals surface area contributed by atoms with Crippen LogP contribution in [0.5, 0.6) is 5.75 Å². The van der Waals surface area contributed by atoms with Gasteiger partial charge < -0.3 is 9.47 Å². The summed E-state index contributed by atoms with van der Waals surface area (Å²) in [5.74, 6) is -3.16. The molecule has 1 aliphatic carbocycles. The highest BCUT2D eigenvalue weighted by molar-refractivity contribution is 6.04. The Morgan fingerprint density at radius 2 is 1.47 bits per heavy atom. The number of aryl methyl sites for hydroxylation is 1. The molecular formula is C34H26F5NO3. The fourth-order valence-corrected chi connectivity index (χ4v) is 5.87. The van der Waals surface area contributed by atoms with Crippen LogP contribution >= 0.6 is 0 Å². The summed E-state index contributed by atoms with van der Waals surface area (Å²) in [6.07, 6.45) is -2.75. The molecule has 220 valence electrons. The van der Waals surface area contributed by atoms with E-state index in [1.807, 2.05) is 24.3 Å². The van der Waals surface area contributed by atoms with Gasteiger partial charge >= 0.3 is 12.3 Å². The Labute approximate surface area is 244 Å². The van der Waals surface area contributed by atoms with E-state index >= 15 is 0 Å². The normalized spacial score (nSPS) is 19.8. The van der Waals surface area contributed by atoms with E-state index in [0.29, 0.717) is 23.1 Å². The lowest BCUT2D eigenvalue weighted by Gasteiger charge is -2.27. The number of esters is 1. The monoisotopic (exact) mass is 591 g/mol. The van der Waals surface area contributed by atoms with Crippen molar-refractivity contribution >= 4 is 11.7 Å². The molecular weight excluding hydrogens is 565 g/mol. The third-order valence-electron chi connectivity index (χ3n) is 7.89. The van der Waals surface area contributed by atoms with Gasteiger partial charge in [-0.15, -0.1) is 13.2 Å². The molecule has 1 unspecified atom stereocenters. The number of halogens is 5. The maximum atomic E-state index is 14.7. The maximum absolute atomic E-state index is 14.7. The van der Waals surface area contributed by atoms with Crippen molar-refractivity contribution in [2.75, 3.05) is 0 Å². The first-order valence-electron chi connectivity index (χ1n) is 13.9. The molecule has 1 aliphatic heterocycles. The minimum absolute atomic E-state index is 0.00185. The first kappa shape index (κ1) is 28.6. The van der Waals surface area contributed by atoms with Crippen LogP contribution in [0.15, 0.2) is 96.0 Å². The van der Waals surface area contributed by atoms with E-state index in [1.54, 1.807) is 24.3 Å². The van der Waals surface area contributed by atoms with Gasteiger partial charge in [-0.05, 0) is 71.3 Å². The van der Waals surface area contributed by atoms with E-state index in [2.05, 4.69) is 9.73 Å². The Kier molecular flexibility index (Phi) is 7.73. The van der Waals surface area contributed by atoms with Gasteiger partial charge in [0.15, 0.2) is 0 Å². The van der Waals surface area contributed by atoms with Gasteiger partial charge in [-0.3, -0.25) is 9.79 Å². The van der Waals surface area contributed by atoms with Crippen LogP contribution in [0, 0.1) is 17.6 Å². The van der Waals surface area contributed by atoms with Crippen molar-refractivity contribution in [3.63, 3.8) is 0 Å². The van der Waals surface area contributed by atoms with Crippen LogP contribution < -0.4 is 4.74 Å². The number of benzene rings is 4. The lowest BCUT2D eigenvalue weighted by molar-refractivity contribution is -0.274.